The molecule has 1 aliphatic carbocycles. The molecule has 0 saturated heterocycles. The van der Waals surface area contributed by atoms with E-state index < -0.39 is 5.97 Å². The third-order valence-electron chi connectivity index (χ3n) is 2.52. The van der Waals surface area contributed by atoms with E-state index >= 15 is 0 Å². The van der Waals surface area contributed by atoms with Gasteiger partial charge in [0.2, 0.25) is 0 Å². The number of hydrogen-bond donors (Lipinski definition) is 2. The normalized spacial score (nSPS) is 18.2. The van der Waals surface area contributed by atoms with Crippen molar-refractivity contribution in [3.63, 3.8) is 0 Å². The van der Waals surface area contributed by atoms with E-state index in [4.69, 9.17) is 5.11 Å². The third-order valence-corrected chi connectivity index (χ3v) is 2.52. The van der Waals surface area contributed by atoms with Crippen molar-refractivity contribution in [3.8, 4) is 0 Å². The smallest absolute Gasteiger partial charge is 0.329 e. The van der Waals surface area contributed by atoms with Crippen LogP contribution in [0.1, 0.15) is 32.1 Å². The zero-order valence-corrected chi connectivity index (χ0v) is 7.83. The fourth-order valence-corrected chi connectivity index (χ4v) is 1.80. The quantitative estimate of drug-likeness (QED) is 0.504. The summed E-state index contributed by atoms with van der Waals surface area (Å²) >= 11 is 0. The molecule has 74 valence electrons. The average Bonchev–Trinajstić information content (AvgIpc) is 2.55. The number of rotatable bonds is 5. The van der Waals surface area contributed by atoms with Gasteiger partial charge in [-0.25, -0.2) is 4.79 Å². The van der Waals surface area contributed by atoms with E-state index in [2.05, 4.69) is 5.32 Å². The molecule has 3 heteroatoms. The van der Waals surface area contributed by atoms with Gasteiger partial charge in [0.15, 0.2) is 0 Å². The third kappa shape index (κ3) is 4.55. The van der Waals surface area contributed by atoms with E-state index in [-0.39, 0.29) is 0 Å². The lowest BCUT2D eigenvalue weighted by Gasteiger charge is -2.07. The van der Waals surface area contributed by atoms with Gasteiger partial charge in [0.25, 0.3) is 0 Å². The van der Waals surface area contributed by atoms with Crippen LogP contribution >= 0.6 is 0 Å². The summed E-state index contributed by atoms with van der Waals surface area (Å²) in [6, 6.07) is 0. The first kappa shape index (κ1) is 10.1. The van der Waals surface area contributed by atoms with Gasteiger partial charge in [-0.1, -0.05) is 25.7 Å². The molecule has 0 spiro atoms. The van der Waals surface area contributed by atoms with Gasteiger partial charge in [-0.2, -0.15) is 0 Å². The van der Waals surface area contributed by atoms with Crippen LogP contribution in [0.4, 0.5) is 0 Å². The predicted octanol–water partition coefficient (Wildman–Crippen LogP) is 1.75. The number of aliphatic carboxylic acids is 1. The summed E-state index contributed by atoms with van der Waals surface area (Å²) in [6.07, 6.45) is 9.26. The molecule has 0 unspecified atom stereocenters. The summed E-state index contributed by atoms with van der Waals surface area (Å²) < 4.78 is 0. The van der Waals surface area contributed by atoms with E-state index in [0.717, 1.165) is 18.5 Å². The van der Waals surface area contributed by atoms with E-state index in [9.17, 15) is 4.79 Å². The Hall–Kier alpha value is -0.990. The zero-order chi connectivity index (χ0) is 9.52. The number of carbonyl (C=O) groups is 1. The highest BCUT2D eigenvalue weighted by Gasteiger charge is 2.13. The van der Waals surface area contributed by atoms with Crippen LogP contribution in [0, 0.1) is 5.92 Å². The first-order chi connectivity index (χ1) is 6.29. The van der Waals surface area contributed by atoms with Crippen molar-refractivity contribution in [2.24, 2.45) is 5.92 Å². The Bertz CT molecular complexity index is 183. The molecule has 1 aliphatic rings. The van der Waals surface area contributed by atoms with Gasteiger partial charge >= 0.3 is 5.97 Å². The Morgan fingerprint density at radius 1 is 1.46 bits per heavy atom. The van der Waals surface area contributed by atoms with Crippen LogP contribution in [0.15, 0.2) is 12.3 Å². The summed E-state index contributed by atoms with van der Waals surface area (Å²) in [5, 5.41) is 11.3. The molecule has 0 aromatic heterocycles. The van der Waals surface area contributed by atoms with Crippen LogP contribution in [0.3, 0.4) is 0 Å². The Morgan fingerprint density at radius 2 is 2.15 bits per heavy atom. The Balaban J connectivity index is 1.97. The second kappa shape index (κ2) is 5.62. The van der Waals surface area contributed by atoms with E-state index in [1.807, 2.05) is 0 Å². The Morgan fingerprint density at radius 3 is 2.77 bits per heavy atom. The second-order valence-electron chi connectivity index (χ2n) is 3.56. The van der Waals surface area contributed by atoms with Crippen LogP contribution in [-0.4, -0.2) is 17.6 Å². The highest BCUT2D eigenvalue weighted by molar-refractivity contribution is 5.79. The monoisotopic (exact) mass is 183 g/mol. The summed E-state index contributed by atoms with van der Waals surface area (Å²) in [7, 11) is 0. The minimum Gasteiger partial charge on any atom is -0.478 e. The molecular formula is C10H17NO2. The lowest BCUT2D eigenvalue weighted by atomic mass is 10.0. The van der Waals surface area contributed by atoms with Crippen molar-refractivity contribution in [1.29, 1.82) is 0 Å². The highest BCUT2D eigenvalue weighted by atomic mass is 16.4. The largest absolute Gasteiger partial charge is 0.478 e. The molecular weight excluding hydrogens is 166 g/mol. The van der Waals surface area contributed by atoms with Crippen molar-refractivity contribution >= 4 is 5.97 Å². The summed E-state index contributed by atoms with van der Waals surface area (Å²) in [5.41, 5.74) is 0. The van der Waals surface area contributed by atoms with Gasteiger partial charge in [0.05, 0.1) is 0 Å². The van der Waals surface area contributed by atoms with Crippen LogP contribution in [-0.2, 0) is 4.79 Å². The molecule has 0 bridgehead atoms. The maximum Gasteiger partial charge on any atom is 0.329 e. The molecule has 0 radical (unpaired) electrons. The summed E-state index contributed by atoms with van der Waals surface area (Å²) in [6.45, 7) is 0.897. The van der Waals surface area contributed by atoms with Gasteiger partial charge in [0, 0.05) is 18.8 Å². The first-order valence-electron chi connectivity index (χ1n) is 4.92. The molecule has 0 aromatic rings. The zero-order valence-electron chi connectivity index (χ0n) is 7.83. The lowest BCUT2D eigenvalue weighted by molar-refractivity contribution is -0.131. The first-order valence-corrected chi connectivity index (χ1v) is 4.92. The van der Waals surface area contributed by atoms with Crippen molar-refractivity contribution in [3.05, 3.63) is 12.3 Å². The van der Waals surface area contributed by atoms with Crippen molar-refractivity contribution in [1.82, 2.24) is 5.32 Å². The maximum atomic E-state index is 10.1. The number of carboxylic acids is 1. The molecule has 13 heavy (non-hydrogen) atoms. The van der Waals surface area contributed by atoms with Crippen LogP contribution < -0.4 is 5.32 Å². The van der Waals surface area contributed by atoms with E-state index in [1.54, 1.807) is 0 Å². The fourth-order valence-electron chi connectivity index (χ4n) is 1.80. The standard InChI is InChI=1S/C10H17NO2/c12-10(13)6-8-11-7-5-9-3-1-2-4-9/h6,8-9,11H,1-5,7H2,(H,12,13)/b8-6+. The summed E-state index contributed by atoms with van der Waals surface area (Å²) in [5.74, 6) is -0.0286. The fraction of sp³-hybridized carbons (Fsp3) is 0.700. The van der Waals surface area contributed by atoms with Gasteiger partial charge in [0.1, 0.15) is 0 Å². The van der Waals surface area contributed by atoms with Gasteiger partial charge in [-0.15, -0.1) is 0 Å². The molecule has 2 N–H and O–H groups in total. The van der Waals surface area contributed by atoms with Crippen molar-refractivity contribution in [2.45, 2.75) is 32.1 Å². The average molecular weight is 183 g/mol. The molecule has 1 saturated carbocycles. The molecule has 0 heterocycles. The Labute approximate surface area is 78.8 Å². The summed E-state index contributed by atoms with van der Waals surface area (Å²) in [4.78, 5) is 10.1. The maximum absolute atomic E-state index is 10.1. The van der Waals surface area contributed by atoms with Crippen LogP contribution in [0.25, 0.3) is 0 Å². The Kier molecular flexibility index (Phi) is 4.36. The predicted molar refractivity (Wildman–Crippen MR) is 51.4 cm³/mol. The van der Waals surface area contributed by atoms with Gasteiger partial charge in [-0.05, 0) is 12.3 Å². The molecule has 3 nitrogen and oxygen atoms in total. The molecule has 0 atom stereocenters. The van der Waals surface area contributed by atoms with Crippen molar-refractivity contribution in [2.75, 3.05) is 6.54 Å². The van der Waals surface area contributed by atoms with E-state index in [1.165, 1.54) is 38.3 Å². The molecule has 0 amide bonds. The minimum atomic E-state index is -0.895. The number of carboxylic acid groups (broad SMARTS) is 1. The topological polar surface area (TPSA) is 49.3 Å². The minimum absolute atomic E-state index is 0.866. The molecule has 1 rings (SSSR count). The van der Waals surface area contributed by atoms with E-state index in [0.29, 0.717) is 0 Å². The number of hydrogen-bond acceptors (Lipinski definition) is 2. The van der Waals surface area contributed by atoms with Crippen LogP contribution in [0.2, 0.25) is 0 Å². The lowest BCUT2D eigenvalue weighted by Crippen LogP contribution is -2.11. The van der Waals surface area contributed by atoms with Gasteiger partial charge in [-0.3, -0.25) is 0 Å². The number of nitrogens with one attached hydrogen (secondary N) is 1. The van der Waals surface area contributed by atoms with Crippen molar-refractivity contribution < 1.29 is 9.90 Å². The SMILES string of the molecule is O=C(O)/C=C/NCCC1CCCC1. The molecule has 0 aliphatic heterocycles. The second-order valence-corrected chi connectivity index (χ2v) is 3.56. The van der Waals surface area contributed by atoms with Crippen LogP contribution in [0.5, 0.6) is 0 Å². The van der Waals surface area contributed by atoms with Gasteiger partial charge < -0.3 is 10.4 Å². The molecule has 1 fully saturated rings. The highest BCUT2D eigenvalue weighted by Crippen LogP contribution is 2.26. The molecule has 0 aromatic carbocycles.